The van der Waals surface area contributed by atoms with Crippen molar-refractivity contribution < 1.29 is 9.90 Å². The van der Waals surface area contributed by atoms with Gasteiger partial charge in [0, 0.05) is 12.6 Å². The van der Waals surface area contributed by atoms with Gasteiger partial charge in [-0.3, -0.25) is 4.79 Å². The number of amides is 1. The van der Waals surface area contributed by atoms with Crippen LogP contribution in [0.1, 0.15) is 32.3 Å². The Morgan fingerprint density at radius 2 is 2.06 bits per heavy atom. The third-order valence-corrected chi connectivity index (χ3v) is 2.71. The van der Waals surface area contributed by atoms with Gasteiger partial charge in [0.25, 0.3) is 0 Å². The summed E-state index contributed by atoms with van der Waals surface area (Å²) in [6.07, 6.45) is 2.73. The monoisotopic (exact) mass is 247 g/mol. The molecule has 1 unspecified atom stereocenters. The molecule has 0 aromatic heterocycles. The average molecular weight is 247 g/mol. The molecule has 0 fully saturated rings. The second-order valence-corrected chi connectivity index (χ2v) is 4.38. The number of rotatable bonds is 6. The van der Waals surface area contributed by atoms with Gasteiger partial charge in [-0.25, -0.2) is 0 Å². The van der Waals surface area contributed by atoms with E-state index >= 15 is 0 Å². The fourth-order valence-corrected chi connectivity index (χ4v) is 1.69. The Bertz CT molecular complexity index is 398. The number of nitrogens with one attached hydrogen (secondary N) is 1. The lowest BCUT2D eigenvalue weighted by molar-refractivity contribution is -0.116. The van der Waals surface area contributed by atoms with Gasteiger partial charge < -0.3 is 10.4 Å². The van der Waals surface area contributed by atoms with E-state index in [9.17, 15) is 9.90 Å². The maximum absolute atomic E-state index is 11.6. The van der Waals surface area contributed by atoms with E-state index in [1.807, 2.05) is 44.2 Å². The van der Waals surface area contributed by atoms with E-state index in [0.717, 1.165) is 17.6 Å². The fourth-order valence-electron chi connectivity index (χ4n) is 1.69. The molecule has 0 aliphatic carbocycles. The molecule has 1 aromatic carbocycles. The molecule has 98 valence electrons. The molecule has 0 saturated heterocycles. The third-order valence-electron chi connectivity index (χ3n) is 2.71. The number of hydrogen-bond acceptors (Lipinski definition) is 2. The molecule has 1 rings (SSSR count). The van der Waals surface area contributed by atoms with E-state index < -0.39 is 6.10 Å². The van der Waals surface area contributed by atoms with Crippen molar-refractivity contribution in [2.45, 2.75) is 32.8 Å². The van der Waals surface area contributed by atoms with Crippen molar-refractivity contribution in [3.8, 4) is 0 Å². The van der Waals surface area contributed by atoms with E-state index in [1.54, 1.807) is 6.08 Å². The van der Waals surface area contributed by atoms with Crippen LogP contribution in [0.2, 0.25) is 0 Å². The summed E-state index contributed by atoms with van der Waals surface area (Å²) >= 11 is 0. The molecule has 1 aromatic rings. The zero-order valence-corrected chi connectivity index (χ0v) is 11.0. The molecule has 3 nitrogen and oxygen atoms in total. The third kappa shape index (κ3) is 5.15. The SMILES string of the molecule is CCCC(O)CNC(=O)/C=C(/C)c1ccccc1. The second-order valence-electron chi connectivity index (χ2n) is 4.38. The molecule has 3 heteroatoms. The maximum Gasteiger partial charge on any atom is 0.244 e. The summed E-state index contributed by atoms with van der Waals surface area (Å²) in [7, 11) is 0. The van der Waals surface area contributed by atoms with E-state index in [-0.39, 0.29) is 5.91 Å². The first-order valence-electron chi connectivity index (χ1n) is 6.33. The molecule has 1 atom stereocenters. The largest absolute Gasteiger partial charge is 0.391 e. The van der Waals surface area contributed by atoms with Gasteiger partial charge in [0.2, 0.25) is 5.91 Å². The van der Waals surface area contributed by atoms with Crippen LogP contribution in [0.5, 0.6) is 0 Å². The molecule has 0 aliphatic rings. The highest BCUT2D eigenvalue weighted by Crippen LogP contribution is 2.11. The summed E-state index contributed by atoms with van der Waals surface area (Å²) in [5.74, 6) is -0.161. The number of aliphatic hydroxyl groups excluding tert-OH is 1. The predicted molar refractivity (Wildman–Crippen MR) is 74.0 cm³/mol. The van der Waals surface area contributed by atoms with Crippen molar-refractivity contribution in [2.75, 3.05) is 6.54 Å². The van der Waals surface area contributed by atoms with Gasteiger partial charge in [-0.1, -0.05) is 43.7 Å². The van der Waals surface area contributed by atoms with E-state index in [2.05, 4.69) is 5.32 Å². The first-order chi connectivity index (χ1) is 8.63. The van der Waals surface area contributed by atoms with Crippen LogP contribution in [0.4, 0.5) is 0 Å². The average Bonchev–Trinajstić information content (AvgIpc) is 2.38. The minimum Gasteiger partial charge on any atom is -0.391 e. The lowest BCUT2D eigenvalue weighted by Gasteiger charge is -2.09. The highest BCUT2D eigenvalue weighted by atomic mass is 16.3. The Kier molecular flexibility index (Phi) is 6.15. The van der Waals surface area contributed by atoms with Crippen molar-refractivity contribution in [3.63, 3.8) is 0 Å². The van der Waals surface area contributed by atoms with Gasteiger partial charge in [-0.05, 0) is 24.5 Å². The molecule has 2 N–H and O–H groups in total. The van der Waals surface area contributed by atoms with Crippen molar-refractivity contribution in [1.82, 2.24) is 5.32 Å². The first kappa shape index (κ1) is 14.5. The van der Waals surface area contributed by atoms with Crippen LogP contribution in [0.15, 0.2) is 36.4 Å². The number of benzene rings is 1. The summed E-state index contributed by atoms with van der Waals surface area (Å²) in [4.78, 5) is 11.6. The topological polar surface area (TPSA) is 49.3 Å². The van der Waals surface area contributed by atoms with Crippen LogP contribution in [-0.2, 0) is 4.79 Å². The number of allylic oxidation sites excluding steroid dienone is 1. The van der Waals surface area contributed by atoms with Crippen molar-refractivity contribution in [2.24, 2.45) is 0 Å². The minimum absolute atomic E-state index is 0.161. The Morgan fingerprint density at radius 3 is 2.67 bits per heavy atom. The number of carbonyl (C=O) groups excluding carboxylic acids is 1. The van der Waals surface area contributed by atoms with Gasteiger partial charge in [0.05, 0.1) is 6.10 Å². The summed E-state index contributed by atoms with van der Waals surface area (Å²) in [6.45, 7) is 4.22. The predicted octanol–water partition coefficient (Wildman–Crippen LogP) is 2.37. The molecule has 0 spiro atoms. The Balaban J connectivity index is 2.48. The van der Waals surface area contributed by atoms with Gasteiger partial charge in [-0.2, -0.15) is 0 Å². The number of carbonyl (C=O) groups is 1. The Morgan fingerprint density at radius 1 is 1.39 bits per heavy atom. The summed E-state index contributed by atoms with van der Waals surface area (Å²) < 4.78 is 0. The quantitative estimate of drug-likeness (QED) is 0.758. The van der Waals surface area contributed by atoms with E-state index in [1.165, 1.54) is 0 Å². The fraction of sp³-hybridized carbons (Fsp3) is 0.400. The van der Waals surface area contributed by atoms with Crippen LogP contribution in [0.25, 0.3) is 5.57 Å². The van der Waals surface area contributed by atoms with Gasteiger partial charge in [0.15, 0.2) is 0 Å². The molecule has 0 radical (unpaired) electrons. The number of aliphatic hydroxyl groups is 1. The van der Waals surface area contributed by atoms with Gasteiger partial charge in [-0.15, -0.1) is 0 Å². The minimum atomic E-state index is -0.454. The Labute approximate surface area is 109 Å². The molecular weight excluding hydrogens is 226 g/mol. The molecule has 0 aliphatic heterocycles. The van der Waals surface area contributed by atoms with Crippen LogP contribution in [0, 0.1) is 0 Å². The summed E-state index contributed by atoms with van der Waals surface area (Å²) in [5, 5.41) is 12.2. The van der Waals surface area contributed by atoms with Crippen LogP contribution < -0.4 is 5.32 Å². The van der Waals surface area contributed by atoms with Crippen LogP contribution in [0.3, 0.4) is 0 Å². The van der Waals surface area contributed by atoms with Crippen LogP contribution >= 0.6 is 0 Å². The van der Waals surface area contributed by atoms with Gasteiger partial charge >= 0.3 is 0 Å². The molecule has 0 saturated carbocycles. The highest BCUT2D eigenvalue weighted by molar-refractivity contribution is 5.94. The lowest BCUT2D eigenvalue weighted by atomic mass is 10.1. The summed E-state index contributed by atoms with van der Waals surface area (Å²) in [6, 6.07) is 9.75. The van der Waals surface area contributed by atoms with Crippen molar-refractivity contribution >= 4 is 11.5 Å². The first-order valence-corrected chi connectivity index (χ1v) is 6.33. The Hall–Kier alpha value is -1.61. The molecule has 0 heterocycles. The van der Waals surface area contributed by atoms with Crippen molar-refractivity contribution in [3.05, 3.63) is 42.0 Å². The zero-order valence-electron chi connectivity index (χ0n) is 11.0. The van der Waals surface area contributed by atoms with Crippen molar-refractivity contribution in [1.29, 1.82) is 0 Å². The summed E-state index contributed by atoms with van der Waals surface area (Å²) in [5.41, 5.74) is 1.94. The number of hydrogen-bond donors (Lipinski definition) is 2. The standard InChI is InChI=1S/C15H21NO2/c1-3-7-14(17)11-16-15(18)10-12(2)13-8-5-4-6-9-13/h4-6,8-10,14,17H,3,7,11H2,1-2H3,(H,16,18)/b12-10-. The smallest absolute Gasteiger partial charge is 0.244 e. The van der Waals surface area contributed by atoms with E-state index in [4.69, 9.17) is 0 Å². The molecular formula is C15H21NO2. The molecule has 0 bridgehead atoms. The molecule has 18 heavy (non-hydrogen) atoms. The second kappa shape index (κ2) is 7.67. The highest BCUT2D eigenvalue weighted by Gasteiger charge is 2.04. The normalized spacial score (nSPS) is 13.2. The van der Waals surface area contributed by atoms with E-state index in [0.29, 0.717) is 13.0 Å². The lowest BCUT2D eigenvalue weighted by Crippen LogP contribution is -2.30. The van der Waals surface area contributed by atoms with Gasteiger partial charge in [0.1, 0.15) is 0 Å². The zero-order chi connectivity index (χ0) is 13.4. The van der Waals surface area contributed by atoms with Crippen LogP contribution in [-0.4, -0.2) is 23.7 Å². The molecule has 1 amide bonds. The maximum atomic E-state index is 11.6.